The van der Waals surface area contributed by atoms with Crippen LogP contribution < -0.4 is 11.1 Å². The Balaban J connectivity index is 1.37. The lowest BCUT2D eigenvalue weighted by molar-refractivity contribution is -0.137. The number of nitrogens with one attached hydrogen (secondary N) is 1. The fourth-order valence-electron chi connectivity index (χ4n) is 5.07. The van der Waals surface area contributed by atoms with E-state index in [1.807, 2.05) is 0 Å². The summed E-state index contributed by atoms with van der Waals surface area (Å²) < 4.78 is 5.44. The van der Waals surface area contributed by atoms with Crippen LogP contribution in [0.1, 0.15) is 44.1 Å². The summed E-state index contributed by atoms with van der Waals surface area (Å²) in [5.41, 5.74) is 6.96. The van der Waals surface area contributed by atoms with Crippen LogP contribution in [0.15, 0.2) is 30.3 Å². The summed E-state index contributed by atoms with van der Waals surface area (Å²) in [6.45, 7) is 2.74. The molecule has 0 aliphatic carbocycles. The molecular formula is C21H31N3O2. The number of fused-ring (bicyclic) bond motifs is 2. The second kappa shape index (κ2) is 7.67. The highest BCUT2D eigenvalue weighted by Crippen LogP contribution is 2.38. The molecule has 0 radical (unpaired) electrons. The Morgan fingerprint density at radius 3 is 2.42 bits per heavy atom. The van der Waals surface area contributed by atoms with Crippen molar-refractivity contribution in [1.29, 1.82) is 0 Å². The van der Waals surface area contributed by atoms with E-state index < -0.39 is 5.41 Å². The van der Waals surface area contributed by atoms with Gasteiger partial charge in [-0.3, -0.25) is 9.69 Å². The number of amides is 1. The lowest BCUT2D eigenvalue weighted by Crippen LogP contribution is -2.55. The highest BCUT2D eigenvalue weighted by atomic mass is 16.5. The SMILES string of the molecule is NCC1(C(=O)NC2CC3CCC(C2)N3Cc2ccccc2)CCOCC1. The van der Waals surface area contributed by atoms with Gasteiger partial charge in [0.1, 0.15) is 0 Å². The van der Waals surface area contributed by atoms with Gasteiger partial charge in [0.2, 0.25) is 5.91 Å². The maximum Gasteiger partial charge on any atom is 0.227 e. The molecule has 4 rings (SSSR count). The van der Waals surface area contributed by atoms with E-state index in [4.69, 9.17) is 10.5 Å². The summed E-state index contributed by atoms with van der Waals surface area (Å²) in [5.74, 6) is 0.157. The molecule has 1 aromatic carbocycles. The van der Waals surface area contributed by atoms with Crippen LogP contribution in [-0.4, -0.2) is 48.7 Å². The number of piperidine rings is 1. The van der Waals surface area contributed by atoms with Gasteiger partial charge in [0.15, 0.2) is 0 Å². The lowest BCUT2D eigenvalue weighted by atomic mass is 9.79. The Kier molecular flexibility index (Phi) is 5.30. The van der Waals surface area contributed by atoms with Crippen molar-refractivity contribution < 1.29 is 9.53 Å². The molecule has 5 nitrogen and oxygen atoms in total. The van der Waals surface area contributed by atoms with Gasteiger partial charge in [-0.1, -0.05) is 30.3 Å². The van der Waals surface area contributed by atoms with Crippen molar-refractivity contribution in [3.8, 4) is 0 Å². The van der Waals surface area contributed by atoms with Gasteiger partial charge in [0, 0.05) is 44.4 Å². The molecule has 3 fully saturated rings. The molecule has 3 N–H and O–H groups in total. The number of rotatable bonds is 5. The molecule has 0 aromatic heterocycles. The van der Waals surface area contributed by atoms with E-state index in [2.05, 4.69) is 40.5 Å². The number of nitrogens with two attached hydrogens (primary N) is 1. The van der Waals surface area contributed by atoms with Crippen LogP contribution in [0.3, 0.4) is 0 Å². The van der Waals surface area contributed by atoms with Crippen molar-refractivity contribution in [3.05, 3.63) is 35.9 Å². The number of carbonyl (C=O) groups excluding carboxylic acids is 1. The first-order valence-corrected chi connectivity index (χ1v) is 10.1. The Morgan fingerprint density at radius 1 is 1.15 bits per heavy atom. The number of nitrogens with zero attached hydrogens (tertiary/aromatic N) is 1. The fourth-order valence-corrected chi connectivity index (χ4v) is 5.07. The predicted molar refractivity (Wildman–Crippen MR) is 102 cm³/mol. The normalized spacial score (nSPS) is 30.9. The van der Waals surface area contributed by atoms with Gasteiger partial charge in [0.05, 0.1) is 5.41 Å². The minimum atomic E-state index is -0.418. The molecule has 3 heterocycles. The van der Waals surface area contributed by atoms with Crippen LogP contribution >= 0.6 is 0 Å². The van der Waals surface area contributed by atoms with E-state index in [1.54, 1.807) is 0 Å². The molecule has 0 spiro atoms. The van der Waals surface area contributed by atoms with Crippen LogP contribution in [0.25, 0.3) is 0 Å². The van der Waals surface area contributed by atoms with E-state index >= 15 is 0 Å². The second-order valence-electron chi connectivity index (χ2n) is 8.28. The lowest BCUT2D eigenvalue weighted by Gasteiger charge is -2.41. The van der Waals surface area contributed by atoms with E-state index in [0.29, 0.717) is 37.9 Å². The minimum absolute atomic E-state index is 0.157. The van der Waals surface area contributed by atoms with Gasteiger partial charge < -0.3 is 15.8 Å². The Bertz CT molecular complexity index is 601. The van der Waals surface area contributed by atoms with Gasteiger partial charge in [0.25, 0.3) is 0 Å². The minimum Gasteiger partial charge on any atom is -0.381 e. The summed E-state index contributed by atoms with van der Waals surface area (Å²) in [7, 11) is 0. The molecular weight excluding hydrogens is 326 g/mol. The molecule has 26 heavy (non-hydrogen) atoms. The molecule has 3 aliphatic heterocycles. The average molecular weight is 357 g/mol. The number of ether oxygens (including phenoxy) is 1. The van der Waals surface area contributed by atoms with Crippen molar-refractivity contribution in [3.63, 3.8) is 0 Å². The van der Waals surface area contributed by atoms with Gasteiger partial charge in [-0.15, -0.1) is 0 Å². The average Bonchev–Trinajstić information content (AvgIpc) is 2.91. The van der Waals surface area contributed by atoms with Crippen molar-refractivity contribution >= 4 is 5.91 Å². The molecule has 0 saturated carbocycles. The zero-order chi connectivity index (χ0) is 18.0. The molecule has 5 heteroatoms. The third-order valence-corrected chi connectivity index (χ3v) is 6.75. The molecule has 2 unspecified atom stereocenters. The molecule has 3 aliphatic rings. The summed E-state index contributed by atoms with van der Waals surface area (Å²) in [6, 6.07) is 12.2. The van der Waals surface area contributed by atoms with Crippen molar-refractivity contribution in [1.82, 2.24) is 10.2 Å². The molecule has 2 atom stereocenters. The highest BCUT2D eigenvalue weighted by molar-refractivity contribution is 5.83. The van der Waals surface area contributed by atoms with Crippen LogP contribution in [0.5, 0.6) is 0 Å². The van der Waals surface area contributed by atoms with Crippen molar-refractivity contribution in [2.45, 2.75) is 63.2 Å². The Labute approximate surface area is 156 Å². The summed E-state index contributed by atoms with van der Waals surface area (Å²) in [5, 5.41) is 3.36. The standard InChI is InChI=1S/C21H31N3O2/c22-15-21(8-10-26-11-9-21)20(25)23-17-12-18-6-7-19(13-17)24(18)14-16-4-2-1-3-5-16/h1-5,17-19H,6-15,22H2,(H,23,25). The van der Waals surface area contributed by atoms with E-state index in [9.17, 15) is 4.79 Å². The third-order valence-electron chi connectivity index (χ3n) is 6.75. The molecule has 1 amide bonds. The van der Waals surface area contributed by atoms with Crippen LogP contribution in [-0.2, 0) is 16.1 Å². The fraction of sp³-hybridized carbons (Fsp3) is 0.667. The largest absolute Gasteiger partial charge is 0.381 e. The molecule has 2 bridgehead atoms. The molecule has 142 valence electrons. The Hall–Kier alpha value is -1.43. The van der Waals surface area contributed by atoms with Gasteiger partial charge in [-0.2, -0.15) is 0 Å². The summed E-state index contributed by atoms with van der Waals surface area (Å²) in [4.78, 5) is 15.6. The van der Waals surface area contributed by atoms with Crippen LogP contribution in [0, 0.1) is 5.41 Å². The number of carbonyl (C=O) groups is 1. The quantitative estimate of drug-likeness (QED) is 0.846. The van der Waals surface area contributed by atoms with Crippen molar-refractivity contribution in [2.24, 2.45) is 11.1 Å². The topological polar surface area (TPSA) is 67.6 Å². The monoisotopic (exact) mass is 357 g/mol. The summed E-state index contributed by atoms with van der Waals surface area (Å²) >= 11 is 0. The van der Waals surface area contributed by atoms with Gasteiger partial charge >= 0.3 is 0 Å². The predicted octanol–water partition coefficient (Wildman–Crippen LogP) is 2.05. The maximum absolute atomic E-state index is 13.0. The number of hydrogen-bond acceptors (Lipinski definition) is 4. The number of hydrogen-bond donors (Lipinski definition) is 2. The third kappa shape index (κ3) is 3.53. The second-order valence-corrected chi connectivity index (χ2v) is 8.28. The van der Waals surface area contributed by atoms with E-state index in [1.165, 1.54) is 18.4 Å². The summed E-state index contributed by atoms with van der Waals surface area (Å²) in [6.07, 6.45) is 6.11. The molecule has 3 saturated heterocycles. The Morgan fingerprint density at radius 2 is 1.81 bits per heavy atom. The van der Waals surface area contributed by atoms with E-state index in [0.717, 1.165) is 32.2 Å². The first-order valence-electron chi connectivity index (χ1n) is 10.1. The smallest absolute Gasteiger partial charge is 0.227 e. The van der Waals surface area contributed by atoms with Crippen LogP contribution in [0.4, 0.5) is 0 Å². The number of benzene rings is 1. The zero-order valence-electron chi connectivity index (χ0n) is 15.5. The highest BCUT2D eigenvalue weighted by Gasteiger charge is 2.44. The molecule has 1 aromatic rings. The van der Waals surface area contributed by atoms with Crippen LogP contribution in [0.2, 0.25) is 0 Å². The van der Waals surface area contributed by atoms with Gasteiger partial charge in [-0.25, -0.2) is 0 Å². The first kappa shape index (κ1) is 18.0. The first-order chi connectivity index (χ1) is 12.7. The van der Waals surface area contributed by atoms with E-state index in [-0.39, 0.29) is 5.91 Å². The van der Waals surface area contributed by atoms with Gasteiger partial charge in [-0.05, 0) is 44.1 Å². The maximum atomic E-state index is 13.0. The van der Waals surface area contributed by atoms with Crippen molar-refractivity contribution in [2.75, 3.05) is 19.8 Å². The zero-order valence-corrected chi connectivity index (χ0v) is 15.5.